The summed E-state index contributed by atoms with van der Waals surface area (Å²) in [4.78, 5) is 68.7. The molecule has 404 valence electrons. The summed E-state index contributed by atoms with van der Waals surface area (Å²) in [5.74, 6) is 1.63. The average Bonchev–Trinajstić information content (AvgIpc) is 3.39. The monoisotopic (exact) mass is 1020 g/mol. The van der Waals surface area contributed by atoms with E-state index in [1.165, 1.54) is 32.4 Å². The maximum absolute atomic E-state index is 13.2. The lowest BCUT2D eigenvalue weighted by molar-refractivity contribution is -0.121. The van der Waals surface area contributed by atoms with Crippen molar-refractivity contribution >= 4 is 51.9 Å². The van der Waals surface area contributed by atoms with Gasteiger partial charge in [0.2, 0.25) is 5.91 Å². The van der Waals surface area contributed by atoms with Crippen LogP contribution in [0.5, 0.6) is 0 Å². The summed E-state index contributed by atoms with van der Waals surface area (Å²) in [5.41, 5.74) is 11.4. The van der Waals surface area contributed by atoms with E-state index in [1.807, 2.05) is 89.4 Å². The first kappa shape index (κ1) is 60.7. The van der Waals surface area contributed by atoms with Crippen LogP contribution in [0, 0.1) is 12.8 Å². The summed E-state index contributed by atoms with van der Waals surface area (Å²) in [6.45, 7) is 38.2. The number of ether oxygens (including phenoxy) is 1. The Labute approximate surface area is 448 Å². The van der Waals surface area contributed by atoms with Crippen molar-refractivity contribution in [1.29, 1.82) is 0 Å². The Morgan fingerprint density at radius 2 is 1.41 bits per heavy atom. The van der Waals surface area contributed by atoms with Crippen molar-refractivity contribution in [1.82, 2.24) is 15.1 Å². The number of amides is 1. The molecule has 2 saturated heterocycles. The Hall–Kier alpha value is -6.86. The fraction of sp³-hybridized carbons (Fsp3) is 0.452. The minimum Gasteiger partial charge on any atom is -0.494 e. The van der Waals surface area contributed by atoms with E-state index in [1.54, 1.807) is 26.0 Å². The van der Waals surface area contributed by atoms with Crippen molar-refractivity contribution in [2.45, 2.75) is 127 Å². The molecule has 3 aliphatic rings. The topological polar surface area (TPSA) is 153 Å². The highest BCUT2D eigenvalue weighted by Crippen LogP contribution is 2.29. The summed E-state index contributed by atoms with van der Waals surface area (Å²) >= 11 is 0. The van der Waals surface area contributed by atoms with Crippen molar-refractivity contribution in [2.75, 3.05) is 68.0 Å². The predicted octanol–water partition coefficient (Wildman–Crippen LogP) is 12.0. The van der Waals surface area contributed by atoms with Gasteiger partial charge in [-0.15, -0.1) is 0 Å². The van der Waals surface area contributed by atoms with Crippen LogP contribution < -0.4 is 20.9 Å². The standard InChI is InChI=1S/C43H59N7O2.C11H12O2.C8H14O2/c1-9-39(10-2)48-23-25-49(26-24-48)40-18-16-38(17-19-40)47-43(51)31(5)35-12-14-37(15-13-35)46-34(8)45-28-36-20-22-50(29-30(36)4)41(11-3)32(6)42-33(7)52-27-21-44-42;1-7-4-5-10(8(2)12)11(6-7)9(3)13;1-6(8(3)10)4-5-7(2)9/h11-19,28,31,39,44H,3-4,9-10,20-27,29H2,1-2,5-8H3,(H,45,46)(H,47,51);4-6H,1-3H3;6H,4-5H2,1-3H3/b36-28-,41-32+;;/t31-;;/m0../s1. The van der Waals surface area contributed by atoms with Gasteiger partial charge in [0, 0.05) is 104 Å². The van der Waals surface area contributed by atoms with Gasteiger partial charge < -0.3 is 35.3 Å². The SMILES string of the molecule is C=C/C(=C(/C)C1=C(C)OCCN1)N1CC/C(=C/N=C(C)Nc2ccc([C@H](C)C(=O)Nc3ccc(N4CCN(C(CC)CC)CC4)cc3)cc2)C(=C)C1.CC(=O)CCC(C)C(C)=O.CC(=O)c1ccc(C)cc1C(C)=O. The van der Waals surface area contributed by atoms with Gasteiger partial charge in [-0.25, -0.2) is 4.99 Å². The van der Waals surface area contributed by atoms with Gasteiger partial charge in [-0.05, 0) is 159 Å². The first-order chi connectivity index (χ1) is 35.7. The first-order valence-electron chi connectivity index (χ1n) is 26.6. The molecule has 1 unspecified atom stereocenters. The van der Waals surface area contributed by atoms with E-state index in [-0.39, 0.29) is 40.9 Å². The number of likely N-dealkylation sites (tertiary alicyclic amines) is 1. The molecule has 3 aromatic carbocycles. The van der Waals surface area contributed by atoms with Crippen LogP contribution in [-0.4, -0.2) is 103 Å². The second-order valence-corrected chi connectivity index (χ2v) is 20.0. The molecule has 6 rings (SSSR count). The van der Waals surface area contributed by atoms with E-state index in [0.29, 0.717) is 43.2 Å². The van der Waals surface area contributed by atoms with Crippen LogP contribution in [-0.2, 0) is 19.1 Å². The number of allylic oxidation sites excluding steroid dienone is 3. The summed E-state index contributed by atoms with van der Waals surface area (Å²) in [6.07, 6.45) is 8.34. The van der Waals surface area contributed by atoms with Crippen LogP contribution in [0.4, 0.5) is 17.1 Å². The number of Topliss-reactive ketones (excluding diaryl/α,β-unsaturated/α-hetero) is 4. The highest BCUT2D eigenvalue weighted by Gasteiger charge is 2.24. The molecule has 13 nitrogen and oxygen atoms in total. The third-order valence-corrected chi connectivity index (χ3v) is 14.2. The summed E-state index contributed by atoms with van der Waals surface area (Å²) in [7, 11) is 0. The number of nitrogens with zero attached hydrogens (tertiary/aromatic N) is 4. The van der Waals surface area contributed by atoms with Gasteiger partial charge in [-0.1, -0.05) is 63.8 Å². The summed E-state index contributed by atoms with van der Waals surface area (Å²) in [5, 5.41) is 9.96. The third kappa shape index (κ3) is 18.5. The van der Waals surface area contributed by atoms with Gasteiger partial charge in [0.15, 0.2) is 11.6 Å². The van der Waals surface area contributed by atoms with Crippen LogP contribution in [0.2, 0.25) is 0 Å². The number of benzene rings is 3. The maximum Gasteiger partial charge on any atom is 0.231 e. The van der Waals surface area contributed by atoms with Gasteiger partial charge in [-0.2, -0.15) is 0 Å². The number of hydrogen-bond acceptors (Lipinski definition) is 11. The van der Waals surface area contributed by atoms with Crippen LogP contribution in [0.1, 0.15) is 146 Å². The number of hydrogen-bond donors (Lipinski definition) is 3. The fourth-order valence-corrected chi connectivity index (χ4v) is 9.28. The first-order valence-corrected chi connectivity index (χ1v) is 26.6. The summed E-state index contributed by atoms with van der Waals surface area (Å²) in [6, 6.07) is 22.2. The zero-order chi connectivity index (χ0) is 55.4. The predicted molar refractivity (Wildman–Crippen MR) is 309 cm³/mol. The second kappa shape index (κ2) is 29.9. The largest absolute Gasteiger partial charge is 0.494 e. The van der Waals surface area contributed by atoms with Crippen molar-refractivity contribution in [3.8, 4) is 0 Å². The molecule has 1 amide bonds. The number of anilines is 3. The number of amidine groups is 1. The highest BCUT2D eigenvalue weighted by molar-refractivity contribution is 6.07. The molecule has 2 fully saturated rings. The number of piperidine rings is 1. The Morgan fingerprint density at radius 3 is 1.96 bits per heavy atom. The minimum atomic E-state index is -0.295. The molecule has 13 heteroatoms. The van der Waals surface area contributed by atoms with Gasteiger partial charge in [-0.3, -0.25) is 24.1 Å². The lowest BCUT2D eigenvalue weighted by atomic mass is 9.98. The molecule has 2 atom stereocenters. The molecule has 3 heterocycles. The molecule has 75 heavy (non-hydrogen) atoms. The number of aliphatic imine (C=N–C) groups is 1. The minimum absolute atomic E-state index is 0.0272. The molecular weight excluding hydrogens is 939 g/mol. The number of ketones is 4. The Morgan fingerprint density at radius 1 is 0.800 bits per heavy atom. The van der Waals surface area contributed by atoms with Crippen molar-refractivity contribution in [3.05, 3.63) is 148 Å². The molecule has 3 aliphatic heterocycles. The Kier molecular flexibility index (Phi) is 24.2. The molecule has 0 spiro atoms. The van der Waals surface area contributed by atoms with Crippen molar-refractivity contribution in [2.24, 2.45) is 10.9 Å². The van der Waals surface area contributed by atoms with Crippen molar-refractivity contribution < 1.29 is 28.7 Å². The molecule has 0 aromatic heterocycles. The number of aryl methyl sites for hydroxylation is 1. The van der Waals surface area contributed by atoms with Gasteiger partial charge in [0.05, 0.1) is 11.6 Å². The van der Waals surface area contributed by atoms with Crippen molar-refractivity contribution in [3.63, 3.8) is 0 Å². The van der Waals surface area contributed by atoms with E-state index in [4.69, 9.17) is 9.73 Å². The van der Waals surface area contributed by atoms with E-state index in [2.05, 4.69) is 76.7 Å². The summed E-state index contributed by atoms with van der Waals surface area (Å²) < 4.78 is 5.77. The number of carbonyl (C=O) groups excluding carboxylic acids is 5. The normalized spacial score (nSPS) is 16.7. The number of carbonyl (C=O) groups is 5. The van der Waals surface area contributed by atoms with Crippen LogP contribution in [0.25, 0.3) is 0 Å². The molecule has 3 aromatic rings. The highest BCUT2D eigenvalue weighted by atomic mass is 16.5. The molecule has 3 N–H and O–H groups in total. The molecule has 0 radical (unpaired) electrons. The van der Waals surface area contributed by atoms with Gasteiger partial charge >= 0.3 is 0 Å². The lowest BCUT2D eigenvalue weighted by Gasteiger charge is -2.39. The molecular formula is C62H85N7O6. The van der Waals surface area contributed by atoms with E-state index >= 15 is 0 Å². The smallest absolute Gasteiger partial charge is 0.231 e. The van der Waals surface area contributed by atoms with Gasteiger partial charge in [0.25, 0.3) is 0 Å². The molecule has 0 aliphatic carbocycles. The van der Waals surface area contributed by atoms with Crippen LogP contribution >= 0.6 is 0 Å². The lowest BCUT2D eigenvalue weighted by Crippen LogP contribution is -2.50. The second-order valence-electron chi connectivity index (χ2n) is 20.0. The zero-order valence-electron chi connectivity index (χ0n) is 47.1. The molecule has 0 bridgehead atoms. The number of piperazine rings is 1. The van der Waals surface area contributed by atoms with Gasteiger partial charge in [0.1, 0.15) is 29.8 Å². The zero-order valence-corrected chi connectivity index (χ0v) is 47.1. The van der Waals surface area contributed by atoms with Crippen LogP contribution in [0.15, 0.2) is 131 Å². The Bertz CT molecular complexity index is 2610. The van der Waals surface area contributed by atoms with E-state index < -0.39 is 0 Å². The van der Waals surface area contributed by atoms with E-state index in [0.717, 1.165) is 108 Å². The maximum atomic E-state index is 13.2. The number of nitrogens with one attached hydrogen (secondary N) is 3. The fourth-order valence-electron chi connectivity index (χ4n) is 9.28. The average molecular weight is 1020 g/mol. The molecule has 0 saturated carbocycles. The van der Waals surface area contributed by atoms with Crippen LogP contribution in [0.3, 0.4) is 0 Å². The quantitative estimate of drug-likeness (QED) is 0.0483. The Balaban J connectivity index is 0.000000434. The third-order valence-electron chi connectivity index (χ3n) is 14.2. The number of rotatable bonds is 18. The van der Waals surface area contributed by atoms with E-state index in [9.17, 15) is 24.0 Å².